The highest BCUT2D eigenvalue weighted by Crippen LogP contribution is 2.38. The van der Waals surface area contributed by atoms with Crippen LogP contribution < -0.4 is 0 Å². The van der Waals surface area contributed by atoms with Crippen LogP contribution in [0.5, 0.6) is 0 Å². The van der Waals surface area contributed by atoms with Crippen LogP contribution in [0.25, 0.3) is 0 Å². The molecule has 0 unspecified atom stereocenters. The van der Waals surface area contributed by atoms with Crippen molar-refractivity contribution >= 4 is 5.97 Å². The van der Waals surface area contributed by atoms with E-state index in [0.717, 1.165) is 26.0 Å². The zero-order chi connectivity index (χ0) is 11.4. The van der Waals surface area contributed by atoms with Gasteiger partial charge >= 0.3 is 12.1 Å². The smallest absolute Gasteiger partial charge is 0.397 e. The fraction of sp³-hybridized carbons (Fsp3) is 0.667. The third kappa shape index (κ3) is 3.81. The molecule has 0 rings (SSSR count). The van der Waals surface area contributed by atoms with E-state index in [4.69, 9.17) is 0 Å². The van der Waals surface area contributed by atoms with Gasteiger partial charge in [0.05, 0.1) is 12.0 Å². The van der Waals surface area contributed by atoms with Gasteiger partial charge < -0.3 is 4.74 Å². The Morgan fingerprint density at radius 3 is 2.21 bits per heavy atom. The predicted molar refractivity (Wildman–Crippen MR) is 45.6 cm³/mol. The quantitative estimate of drug-likeness (QED) is 0.528. The summed E-state index contributed by atoms with van der Waals surface area (Å²) < 4.78 is 41.3. The number of rotatable bonds is 3. The standard InChI is InChI=1S/C9H13F3O2/c1-4-14-7(13)5-6-8(2,3)9(10,11)12/h5-6H,4H2,1-3H3. The Kier molecular flexibility index (Phi) is 4.16. The summed E-state index contributed by atoms with van der Waals surface area (Å²) in [6, 6.07) is 0. The lowest BCUT2D eigenvalue weighted by atomic mass is 9.92. The SMILES string of the molecule is CCOC(=O)C=CC(C)(C)C(F)(F)F. The highest BCUT2D eigenvalue weighted by Gasteiger charge is 2.45. The van der Waals surface area contributed by atoms with E-state index in [2.05, 4.69) is 4.74 Å². The van der Waals surface area contributed by atoms with Crippen molar-refractivity contribution in [3.05, 3.63) is 12.2 Å². The molecule has 0 fully saturated rings. The first-order valence-corrected chi connectivity index (χ1v) is 4.13. The summed E-state index contributed by atoms with van der Waals surface area (Å²) in [7, 11) is 0. The van der Waals surface area contributed by atoms with E-state index in [1.165, 1.54) is 0 Å². The van der Waals surface area contributed by atoms with Crippen LogP contribution in [0.1, 0.15) is 20.8 Å². The number of carbonyl (C=O) groups is 1. The maximum atomic E-state index is 12.3. The topological polar surface area (TPSA) is 26.3 Å². The minimum atomic E-state index is -4.37. The van der Waals surface area contributed by atoms with Gasteiger partial charge in [0.2, 0.25) is 0 Å². The fourth-order valence-corrected chi connectivity index (χ4v) is 0.561. The van der Waals surface area contributed by atoms with E-state index < -0.39 is 17.6 Å². The lowest BCUT2D eigenvalue weighted by Gasteiger charge is -2.23. The predicted octanol–water partition coefficient (Wildman–Crippen LogP) is 2.69. The van der Waals surface area contributed by atoms with E-state index in [1.807, 2.05) is 0 Å². The van der Waals surface area contributed by atoms with Crippen LogP contribution in [0.4, 0.5) is 13.2 Å². The summed E-state index contributed by atoms with van der Waals surface area (Å²) in [6.45, 7) is 3.71. The molecule has 0 atom stereocenters. The Labute approximate surface area is 80.7 Å². The Balaban J connectivity index is 4.43. The summed E-state index contributed by atoms with van der Waals surface area (Å²) in [5, 5.41) is 0. The van der Waals surface area contributed by atoms with Gasteiger partial charge in [-0.3, -0.25) is 0 Å². The second-order valence-electron chi connectivity index (χ2n) is 3.30. The van der Waals surface area contributed by atoms with Gasteiger partial charge in [-0.05, 0) is 20.8 Å². The maximum absolute atomic E-state index is 12.3. The molecule has 82 valence electrons. The fourth-order valence-electron chi connectivity index (χ4n) is 0.561. The molecular weight excluding hydrogens is 197 g/mol. The minimum absolute atomic E-state index is 0.148. The van der Waals surface area contributed by atoms with Crippen molar-refractivity contribution in [3.63, 3.8) is 0 Å². The molecule has 0 N–H and O–H groups in total. The first kappa shape index (κ1) is 13.0. The highest BCUT2D eigenvalue weighted by molar-refractivity contribution is 5.82. The van der Waals surface area contributed by atoms with Crippen LogP contribution in [0.15, 0.2) is 12.2 Å². The Morgan fingerprint density at radius 1 is 1.36 bits per heavy atom. The molecule has 0 aliphatic heterocycles. The third-order valence-electron chi connectivity index (χ3n) is 1.65. The summed E-state index contributed by atoms with van der Waals surface area (Å²) >= 11 is 0. The largest absolute Gasteiger partial charge is 0.463 e. The molecule has 0 amide bonds. The van der Waals surface area contributed by atoms with Crippen molar-refractivity contribution < 1.29 is 22.7 Å². The number of carbonyl (C=O) groups excluding carboxylic acids is 1. The van der Waals surface area contributed by atoms with Gasteiger partial charge in [0.1, 0.15) is 0 Å². The second kappa shape index (κ2) is 4.48. The first-order chi connectivity index (χ1) is 6.20. The van der Waals surface area contributed by atoms with Gasteiger partial charge in [-0.1, -0.05) is 6.08 Å². The van der Waals surface area contributed by atoms with Crippen molar-refractivity contribution in [1.29, 1.82) is 0 Å². The van der Waals surface area contributed by atoms with Crippen LogP contribution in [-0.4, -0.2) is 18.8 Å². The summed E-state index contributed by atoms with van der Waals surface area (Å²) in [5.74, 6) is -0.759. The summed E-state index contributed by atoms with van der Waals surface area (Å²) in [5.41, 5.74) is -2.01. The molecule has 0 aliphatic rings. The van der Waals surface area contributed by atoms with Gasteiger partial charge in [0.15, 0.2) is 0 Å². The number of ether oxygens (including phenoxy) is 1. The van der Waals surface area contributed by atoms with E-state index in [9.17, 15) is 18.0 Å². The molecule has 0 aromatic rings. The number of allylic oxidation sites excluding steroid dienone is 1. The third-order valence-corrected chi connectivity index (χ3v) is 1.65. The lowest BCUT2D eigenvalue weighted by molar-refractivity contribution is -0.193. The van der Waals surface area contributed by atoms with Gasteiger partial charge in [-0.2, -0.15) is 13.2 Å². The van der Waals surface area contributed by atoms with Crippen LogP contribution in [-0.2, 0) is 9.53 Å². The van der Waals surface area contributed by atoms with Crippen LogP contribution in [0.2, 0.25) is 0 Å². The average Bonchev–Trinajstić information content (AvgIpc) is 1.99. The van der Waals surface area contributed by atoms with Gasteiger partial charge in [0.25, 0.3) is 0 Å². The molecule has 0 bridgehead atoms. The molecule has 2 nitrogen and oxygen atoms in total. The molecule has 14 heavy (non-hydrogen) atoms. The van der Waals surface area contributed by atoms with Crippen LogP contribution in [0.3, 0.4) is 0 Å². The van der Waals surface area contributed by atoms with Crippen molar-refractivity contribution in [2.75, 3.05) is 6.61 Å². The van der Waals surface area contributed by atoms with Crippen LogP contribution >= 0.6 is 0 Å². The van der Waals surface area contributed by atoms with E-state index in [0.29, 0.717) is 0 Å². The van der Waals surface area contributed by atoms with Gasteiger partial charge in [0, 0.05) is 6.08 Å². The number of esters is 1. The summed E-state index contributed by atoms with van der Waals surface area (Å²) in [4.78, 5) is 10.7. The van der Waals surface area contributed by atoms with E-state index in [-0.39, 0.29) is 6.61 Å². The van der Waals surface area contributed by atoms with Gasteiger partial charge in [-0.15, -0.1) is 0 Å². The average molecular weight is 210 g/mol. The molecular formula is C9H13F3O2. The zero-order valence-corrected chi connectivity index (χ0v) is 8.31. The normalized spacial score (nSPS) is 13.3. The molecule has 0 heterocycles. The lowest BCUT2D eigenvalue weighted by Crippen LogP contribution is -2.30. The van der Waals surface area contributed by atoms with Crippen molar-refractivity contribution in [2.45, 2.75) is 26.9 Å². The zero-order valence-electron chi connectivity index (χ0n) is 8.31. The van der Waals surface area contributed by atoms with Crippen molar-refractivity contribution in [2.24, 2.45) is 5.41 Å². The summed E-state index contributed by atoms with van der Waals surface area (Å²) in [6.07, 6.45) is -2.77. The second-order valence-corrected chi connectivity index (χ2v) is 3.30. The Morgan fingerprint density at radius 2 is 1.86 bits per heavy atom. The first-order valence-electron chi connectivity index (χ1n) is 4.13. The minimum Gasteiger partial charge on any atom is -0.463 e. The Bertz CT molecular complexity index is 229. The highest BCUT2D eigenvalue weighted by atomic mass is 19.4. The Hall–Kier alpha value is -1.00. The molecule has 0 aromatic heterocycles. The number of alkyl halides is 3. The molecule has 5 heteroatoms. The van der Waals surface area contributed by atoms with Crippen LogP contribution in [0, 0.1) is 5.41 Å². The molecule has 0 saturated carbocycles. The molecule has 0 radical (unpaired) electrons. The molecule has 0 spiro atoms. The van der Waals surface area contributed by atoms with Crippen molar-refractivity contribution in [1.82, 2.24) is 0 Å². The monoisotopic (exact) mass is 210 g/mol. The van der Waals surface area contributed by atoms with E-state index >= 15 is 0 Å². The van der Waals surface area contributed by atoms with Crippen molar-refractivity contribution in [3.8, 4) is 0 Å². The van der Waals surface area contributed by atoms with Gasteiger partial charge in [-0.25, -0.2) is 4.79 Å². The number of hydrogen-bond acceptors (Lipinski definition) is 2. The van der Waals surface area contributed by atoms with E-state index in [1.54, 1.807) is 6.92 Å². The molecule has 0 aromatic carbocycles. The molecule has 0 aliphatic carbocycles. The maximum Gasteiger partial charge on any atom is 0.397 e. The number of hydrogen-bond donors (Lipinski definition) is 0. The molecule has 0 saturated heterocycles. The number of halogens is 3.